The number of aromatic nitrogens is 2. The largest absolute Gasteiger partial charge is 0.474 e. The molecule has 5 nitrogen and oxygen atoms in total. The standard InChI is InChI=1S/C8H6N2O3S/c11-8(12)7-9-6(10-13-7)4-5-2-1-3-14-5/h1-3H,4H2,(H,11,12). The van der Waals surface area contributed by atoms with Crippen LogP contribution in [0, 0.1) is 0 Å². The average molecular weight is 210 g/mol. The number of hydrogen-bond acceptors (Lipinski definition) is 5. The Labute approximate surface area is 83.0 Å². The number of carbonyl (C=O) groups is 1. The van der Waals surface area contributed by atoms with E-state index in [1.807, 2.05) is 17.5 Å². The molecular weight excluding hydrogens is 204 g/mol. The first-order valence-corrected chi connectivity index (χ1v) is 4.72. The predicted molar refractivity (Wildman–Crippen MR) is 48.4 cm³/mol. The number of carboxylic acids is 1. The molecule has 2 heterocycles. The van der Waals surface area contributed by atoms with Gasteiger partial charge in [-0.15, -0.1) is 11.3 Å². The lowest BCUT2D eigenvalue weighted by molar-refractivity contribution is 0.0643. The molecule has 72 valence electrons. The Morgan fingerprint density at radius 1 is 1.64 bits per heavy atom. The van der Waals surface area contributed by atoms with Gasteiger partial charge in [0.15, 0.2) is 5.82 Å². The molecule has 0 unspecified atom stereocenters. The topological polar surface area (TPSA) is 76.2 Å². The van der Waals surface area contributed by atoms with Gasteiger partial charge in [0, 0.05) is 11.3 Å². The summed E-state index contributed by atoms with van der Waals surface area (Å²) in [5.74, 6) is -1.17. The van der Waals surface area contributed by atoms with Gasteiger partial charge in [-0.3, -0.25) is 0 Å². The zero-order valence-corrected chi connectivity index (χ0v) is 7.82. The highest BCUT2D eigenvalue weighted by Gasteiger charge is 2.13. The van der Waals surface area contributed by atoms with E-state index in [1.165, 1.54) is 0 Å². The summed E-state index contributed by atoms with van der Waals surface area (Å²) in [6.45, 7) is 0. The maximum atomic E-state index is 10.4. The molecule has 0 radical (unpaired) electrons. The van der Waals surface area contributed by atoms with E-state index in [9.17, 15) is 4.79 Å². The molecular formula is C8H6N2O3S. The van der Waals surface area contributed by atoms with Gasteiger partial charge in [-0.2, -0.15) is 4.98 Å². The van der Waals surface area contributed by atoms with Crippen molar-refractivity contribution in [2.75, 3.05) is 0 Å². The van der Waals surface area contributed by atoms with Gasteiger partial charge >= 0.3 is 11.9 Å². The van der Waals surface area contributed by atoms with Crippen molar-refractivity contribution in [2.24, 2.45) is 0 Å². The predicted octanol–water partition coefficient (Wildman–Crippen LogP) is 1.42. The van der Waals surface area contributed by atoms with E-state index >= 15 is 0 Å². The van der Waals surface area contributed by atoms with Crippen molar-refractivity contribution >= 4 is 17.3 Å². The lowest BCUT2D eigenvalue weighted by atomic mass is 10.3. The fourth-order valence-corrected chi connectivity index (χ4v) is 1.68. The van der Waals surface area contributed by atoms with Gasteiger partial charge < -0.3 is 9.63 Å². The molecule has 0 saturated heterocycles. The molecule has 2 aromatic rings. The molecule has 0 aliphatic carbocycles. The van der Waals surface area contributed by atoms with E-state index in [0.29, 0.717) is 12.2 Å². The Bertz CT molecular complexity index is 435. The third-order valence-electron chi connectivity index (χ3n) is 1.56. The van der Waals surface area contributed by atoms with Crippen LogP contribution in [0.4, 0.5) is 0 Å². The second kappa shape index (κ2) is 3.59. The molecule has 6 heteroatoms. The fraction of sp³-hybridized carbons (Fsp3) is 0.125. The lowest BCUT2D eigenvalue weighted by Crippen LogP contribution is -1.96. The van der Waals surface area contributed by atoms with E-state index in [-0.39, 0.29) is 5.89 Å². The molecule has 0 bridgehead atoms. The normalized spacial score (nSPS) is 10.3. The second-order valence-corrected chi connectivity index (χ2v) is 3.61. The zero-order valence-electron chi connectivity index (χ0n) is 7.01. The first kappa shape index (κ1) is 8.89. The van der Waals surface area contributed by atoms with Crippen molar-refractivity contribution < 1.29 is 14.4 Å². The van der Waals surface area contributed by atoms with Crippen LogP contribution in [-0.4, -0.2) is 21.2 Å². The Morgan fingerprint density at radius 2 is 2.50 bits per heavy atom. The number of aromatic carboxylic acids is 1. The number of rotatable bonds is 3. The number of thiophene rings is 1. The van der Waals surface area contributed by atoms with Crippen LogP contribution >= 0.6 is 11.3 Å². The molecule has 0 spiro atoms. The molecule has 2 rings (SSSR count). The highest BCUT2D eigenvalue weighted by molar-refractivity contribution is 7.09. The van der Waals surface area contributed by atoms with E-state index in [4.69, 9.17) is 5.11 Å². The summed E-state index contributed by atoms with van der Waals surface area (Å²) < 4.78 is 4.52. The molecule has 2 aromatic heterocycles. The molecule has 0 amide bonds. The number of carboxylic acid groups (broad SMARTS) is 1. The van der Waals surface area contributed by atoms with Crippen LogP contribution in [0.2, 0.25) is 0 Å². The van der Waals surface area contributed by atoms with E-state index < -0.39 is 5.97 Å². The highest BCUT2D eigenvalue weighted by Crippen LogP contribution is 2.12. The monoisotopic (exact) mass is 210 g/mol. The van der Waals surface area contributed by atoms with Crippen molar-refractivity contribution in [3.05, 3.63) is 34.1 Å². The first-order valence-electron chi connectivity index (χ1n) is 3.84. The third-order valence-corrected chi connectivity index (χ3v) is 2.44. The third kappa shape index (κ3) is 1.80. The quantitative estimate of drug-likeness (QED) is 0.829. The highest BCUT2D eigenvalue weighted by atomic mass is 32.1. The molecule has 1 N–H and O–H groups in total. The van der Waals surface area contributed by atoms with Crippen LogP contribution in [0.25, 0.3) is 0 Å². The fourth-order valence-electron chi connectivity index (χ4n) is 0.982. The Balaban J connectivity index is 2.14. The van der Waals surface area contributed by atoms with Crippen LogP contribution in [-0.2, 0) is 6.42 Å². The molecule has 14 heavy (non-hydrogen) atoms. The van der Waals surface area contributed by atoms with Gasteiger partial charge in [0.05, 0.1) is 0 Å². The van der Waals surface area contributed by atoms with E-state index in [0.717, 1.165) is 4.88 Å². The first-order chi connectivity index (χ1) is 6.75. The minimum atomic E-state index is -1.20. The maximum absolute atomic E-state index is 10.4. The molecule has 0 saturated carbocycles. The van der Waals surface area contributed by atoms with Gasteiger partial charge in [0.25, 0.3) is 0 Å². The van der Waals surface area contributed by atoms with Gasteiger partial charge in [0.2, 0.25) is 0 Å². The average Bonchev–Trinajstić information content (AvgIpc) is 2.75. The van der Waals surface area contributed by atoms with Gasteiger partial charge in [-0.1, -0.05) is 11.2 Å². The van der Waals surface area contributed by atoms with Crippen LogP contribution in [0.5, 0.6) is 0 Å². The zero-order chi connectivity index (χ0) is 9.97. The SMILES string of the molecule is O=C(O)c1nc(Cc2cccs2)no1. The van der Waals surface area contributed by atoms with E-state index in [2.05, 4.69) is 14.7 Å². The van der Waals surface area contributed by atoms with Gasteiger partial charge in [0.1, 0.15) is 0 Å². The Kier molecular flexibility index (Phi) is 2.28. The summed E-state index contributed by atoms with van der Waals surface area (Å²) in [6, 6.07) is 3.85. The van der Waals surface area contributed by atoms with Crippen LogP contribution in [0.3, 0.4) is 0 Å². The van der Waals surface area contributed by atoms with Crippen molar-refractivity contribution in [3.8, 4) is 0 Å². The summed E-state index contributed by atoms with van der Waals surface area (Å²) in [5, 5.41) is 14.0. The van der Waals surface area contributed by atoms with Crippen molar-refractivity contribution in [1.29, 1.82) is 0 Å². The van der Waals surface area contributed by atoms with Crippen molar-refractivity contribution in [3.63, 3.8) is 0 Å². The second-order valence-electron chi connectivity index (χ2n) is 2.58. The Hall–Kier alpha value is -1.69. The van der Waals surface area contributed by atoms with Crippen LogP contribution in [0.1, 0.15) is 21.4 Å². The minimum Gasteiger partial charge on any atom is -0.474 e. The maximum Gasteiger partial charge on any atom is 0.394 e. The summed E-state index contributed by atoms with van der Waals surface area (Å²) in [7, 11) is 0. The summed E-state index contributed by atoms with van der Waals surface area (Å²) in [4.78, 5) is 15.2. The van der Waals surface area contributed by atoms with Crippen molar-refractivity contribution in [1.82, 2.24) is 10.1 Å². The molecule has 0 aliphatic heterocycles. The number of hydrogen-bond donors (Lipinski definition) is 1. The summed E-state index contributed by atoms with van der Waals surface area (Å²) in [5.41, 5.74) is 0. The molecule has 0 aromatic carbocycles. The summed E-state index contributed by atoms with van der Waals surface area (Å²) in [6.07, 6.45) is 0.508. The number of nitrogens with zero attached hydrogens (tertiary/aromatic N) is 2. The molecule has 0 fully saturated rings. The van der Waals surface area contributed by atoms with Crippen LogP contribution < -0.4 is 0 Å². The lowest BCUT2D eigenvalue weighted by Gasteiger charge is -1.86. The minimum absolute atomic E-state index is 0.364. The van der Waals surface area contributed by atoms with Gasteiger partial charge in [-0.25, -0.2) is 4.79 Å². The van der Waals surface area contributed by atoms with Crippen LogP contribution in [0.15, 0.2) is 22.0 Å². The summed E-state index contributed by atoms with van der Waals surface area (Å²) >= 11 is 1.57. The molecule has 0 atom stereocenters. The smallest absolute Gasteiger partial charge is 0.394 e. The molecule has 0 aliphatic rings. The Morgan fingerprint density at radius 3 is 3.07 bits per heavy atom. The van der Waals surface area contributed by atoms with Gasteiger partial charge in [-0.05, 0) is 11.4 Å². The van der Waals surface area contributed by atoms with E-state index in [1.54, 1.807) is 11.3 Å². The van der Waals surface area contributed by atoms with Crippen molar-refractivity contribution in [2.45, 2.75) is 6.42 Å².